The van der Waals surface area contributed by atoms with E-state index < -0.39 is 14.9 Å². The fraction of sp³-hybridized carbons (Fsp3) is 0.500. The summed E-state index contributed by atoms with van der Waals surface area (Å²) >= 11 is 0. The highest BCUT2D eigenvalue weighted by atomic mass is 32.2. The topological polar surface area (TPSA) is 83.8 Å². The molecule has 0 bridgehead atoms. The smallest absolute Gasteiger partial charge is 0.293 e. The second kappa shape index (κ2) is 6.19. The van der Waals surface area contributed by atoms with Gasteiger partial charge in [0.15, 0.2) is 0 Å². The van der Waals surface area contributed by atoms with Crippen LogP contribution in [-0.4, -0.2) is 44.8 Å². The normalized spacial score (nSPS) is 11.7. The van der Waals surface area contributed by atoms with Crippen molar-refractivity contribution in [2.24, 2.45) is 0 Å². The van der Waals surface area contributed by atoms with Gasteiger partial charge in [0.2, 0.25) is 10.0 Å². The summed E-state index contributed by atoms with van der Waals surface area (Å²) in [5, 5.41) is 11.2. The van der Waals surface area contributed by atoms with Crippen LogP contribution in [0, 0.1) is 10.1 Å². The fourth-order valence-electron chi connectivity index (χ4n) is 1.85. The number of sulfonamides is 1. The first kappa shape index (κ1) is 16.4. The Kier molecular flexibility index (Phi) is 5.07. The number of nitro groups is 1. The molecule has 0 fully saturated rings. The molecule has 0 saturated carbocycles. The molecule has 1 rings (SSSR count). The molecule has 8 heteroatoms. The van der Waals surface area contributed by atoms with Crippen LogP contribution in [0.25, 0.3) is 0 Å². The van der Waals surface area contributed by atoms with Crippen molar-refractivity contribution in [3.05, 3.63) is 28.3 Å². The molecular formula is C12H19N3O4S. The highest BCUT2D eigenvalue weighted by molar-refractivity contribution is 7.89. The van der Waals surface area contributed by atoms with Crippen molar-refractivity contribution in [3.8, 4) is 0 Å². The highest BCUT2D eigenvalue weighted by Gasteiger charge is 2.24. The molecule has 0 aliphatic carbocycles. The zero-order valence-corrected chi connectivity index (χ0v) is 12.8. The number of nitro benzene ring substituents is 1. The van der Waals surface area contributed by atoms with Gasteiger partial charge >= 0.3 is 0 Å². The van der Waals surface area contributed by atoms with Crippen molar-refractivity contribution in [3.63, 3.8) is 0 Å². The summed E-state index contributed by atoms with van der Waals surface area (Å²) in [4.78, 5) is 12.4. The Morgan fingerprint density at radius 2 is 1.75 bits per heavy atom. The van der Waals surface area contributed by atoms with Crippen molar-refractivity contribution in [2.75, 3.05) is 32.1 Å². The molecule has 0 unspecified atom stereocenters. The molecule has 1 aromatic carbocycles. The lowest BCUT2D eigenvalue weighted by molar-refractivity contribution is -0.384. The van der Waals surface area contributed by atoms with Gasteiger partial charge in [0, 0.05) is 33.3 Å². The van der Waals surface area contributed by atoms with Gasteiger partial charge in [0.1, 0.15) is 5.69 Å². The Balaban J connectivity index is 3.46. The first-order valence-corrected chi connectivity index (χ1v) is 7.65. The molecule has 0 N–H and O–H groups in total. The summed E-state index contributed by atoms with van der Waals surface area (Å²) in [6.45, 7) is 4.99. The van der Waals surface area contributed by atoms with Gasteiger partial charge in [-0.25, -0.2) is 12.7 Å². The third kappa shape index (κ3) is 3.07. The van der Waals surface area contributed by atoms with E-state index in [4.69, 9.17) is 0 Å². The Morgan fingerprint density at radius 1 is 1.20 bits per heavy atom. The second-order valence-electron chi connectivity index (χ2n) is 4.37. The van der Waals surface area contributed by atoms with Gasteiger partial charge in [-0.15, -0.1) is 0 Å². The SMILES string of the molecule is CCN(CC)c1ccc(S(=O)(=O)N(C)C)cc1[N+](=O)[O-]. The minimum Gasteiger partial charge on any atom is -0.367 e. The molecule has 1 aromatic rings. The predicted molar refractivity (Wildman–Crippen MR) is 77.5 cm³/mol. The van der Waals surface area contributed by atoms with E-state index in [1.54, 1.807) is 0 Å². The molecule has 0 aliphatic rings. The van der Waals surface area contributed by atoms with Crippen molar-refractivity contribution in [1.29, 1.82) is 0 Å². The summed E-state index contributed by atoms with van der Waals surface area (Å²) in [6.07, 6.45) is 0. The van der Waals surface area contributed by atoms with E-state index in [0.717, 1.165) is 10.4 Å². The molecule has 0 aromatic heterocycles. The molecule has 0 heterocycles. The summed E-state index contributed by atoms with van der Waals surface area (Å²) in [5.74, 6) is 0. The number of hydrogen-bond donors (Lipinski definition) is 0. The van der Waals surface area contributed by atoms with Crippen LogP contribution >= 0.6 is 0 Å². The van der Waals surface area contributed by atoms with Crippen LogP contribution in [0.15, 0.2) is 23.1 Å². The lowest BCUT2D eigenvalue weighted by atomic mass is 10.2. The summed E-state index contributed by atoms with van der Waals surface area (Å²) in [5.41, 5.74) is 0.231. The molecule has 0 spiro atoms. The Bertz CT molecular complexity index is 595. The van der Waals surface area contributed by atoms with Crippen LogP contribution in [0.4, 0.5) is 11.4 Å². The van der Waals surface area contributed by atoms with Gasteiger partial charge in [-0.1, -0.05) is 0 Å². The van der Waals surface area contributed by atoms with E-state index in [1.807, 2.05) is 18.7 Å². The maximum absolute atomic E-state index is 12.0. The van der Waals surface area contributed by atoms with Gasteiger partial charge in [0.25, 0.3) is 5.69 Å². The monoisotopic (exact) mass is 301 g/mol. The van der Waals surface area contributed by atoms with Crippen LogP contribution in [0.2, 0.25) is 0 Å². The molecule has 0 saturated heterocycles. The Morgan fingerprint density at radius 3 is 2.15 bits per heavy atom. The number of benzene rings is 1. The van der Waals surface area contributed by atoms with E-state index in [0.29, 0.717) is 18.8 Å². The number of hydrogen-bond acceptors (Lipinski definition) is 5. The van der Waals surface area contributed by atoms with Gasteiger partial charge in [-0.2, -0.15) is 0 Å². The van der Waals surface area contributed by atoms with Gasteiger partial charge in [0.05, 0.1) is 9.82 Å². The zero-order valence-electron chi connectivity index (χ0n) is 12.0. The van der Waals surface area contributed by atoms with E-state index in [1.165, 1.54) is 26.2 Å². The van der Waals surface area contributed by atoms with E-state index in [2.05, 4.69) is 0 Å². The van der Waals surface area contributed by atoms with E-state index in [9.17, 15) is 18.5 Å². The van der Waals surface area contributed by atoms with Crippen LogP contribution < -0.4 is 4.90 Å². The lowest BCUT2D eigenvalue weighted by Crippen LogP contribution is -2.24. The highest BCUT2D eigenvalue weighted by Crippen LogP contribution is 2.31. The predicted octanol–water partition coefficient (Wildman–Crippen LogP) is 1.69. The van der Waals surface area contributed by atoms with Gasteiger partial charge in [-0.05, 0) is 26.0 Å². The minimum atomic E-state index is -3.68. The fourth-order valence-corrected chi connectivity index (χ4v) is 2.77. The average molecular weight is 301 g/mol. The van der Waals surface area contributed by atoms with Crippen molar-refractivity contribution in [1.82, 2.24) is 4.31 Å². The van der Waals surface area contributed by atoms with Crippen LogP contribution in [-0.2, 0) is 10.0 Å². The molecule has 0 atom stereocenters. The maximum Gasteiger partial charge on any atom is 0.293 e. The standard InChI is InChI=1S/C12H19N3O4S/c1-5-14(6-2)11-8-7-10(9-12(11)15(16)17)20(18,19)13(3)4/h7-9H,5-6H2,1-4H3. The van der Waals surface area contributed by atoms with Crippen LogP contribution in [0.3, 0.4) is 0 Å². The molecule has 112 valence electrons. The average Bonchev–Trinajstić information content (AvgIpc) is 2.39. The van der Waals surface area contributed by atoms with Crippen molar-refractivity contribution < 1.29 is 13.3 Å². The molecule has 0 aliphatic heterocycles. The van der Waals surface area contributed by atoms with E-state index in [-0.39, 0.29) is 10.6 Å². The molecule has 7 nitrogen and oxygen atoms in total. The minimum absolute atomic E-state index is 0.0786. The Hall–Kier alpha value is -1.67. The first-order chi connectivity index (χ1) is 9.25. The summed E-state index contributed by atoms with van der Waals surface area (Å²) < 4.78 is 25.1. The number of nitrogens with zero attached hydrogens (tertiary/aromatic N) is 3. The third-order valence-corrected chi connectivity index (χ3v) is 4.84. The number of anilines is 1. The van der Waals surface area contributed by atoms with E-state index >= 15 is 0 Å². The zero-order chi connectivity index (χ0) is 15.5. The molecule has 0 amide bonds. The van der Waals surface area contributed by atoms with Gasteiger partial charge in [-0.3, -0.25) is 10.1 Å². The van der Waals surface area contributed by atoms with Crippen LogP contribution in [0.1, 0.15) is 13.8 Å². The number of rotatable bonds is 6. The van der Waals surface area contributed by atoms with Crippen molar-refractivity contribution >= 4 is 21.4 Å². The summed E-state index contributed by atoms with van der Waals surface area (Å²) in [7, 11) is -0.902. The largest absolute Gasteiger partial charge is 0.367 e. The quantitative estimate of drug-likeness (QED) is 0.589. The molecule has 20 heavy (non-hydrogen) atoms. The summed E-state index contributed by atoms with van der Waals surface area (Å²) in [6, 6.07) is 4.00. The molecule has 0 radical (unpaired) electrons. The lowest BCUT2D eigenvalue weighted by Gasteiger charge is -2.21. The third-order valence-electron chi connectivity index (χ3n) is 3.03. The van der Waals surface area contributed by atoms with Crippen LogP contribution in [0.5, 0.6) is 0 Å². The molecular weight excluding hydrogens is 282 g/mol. The Labute approximate surface area is 119 Å². The first-order valence-electron chi connectivity index (χ1n) is 6.21. The second-order valence-corrected chi connectivity index (χ2v) is 6.52. The van der Waals surface area contributed by atoms with Crippen molar-refractivity contribution in [2.45, 2.75) is 18.7 Å². The van der Waals surface area contributed by atoms with Gasteiger partial charge < -0.3 is 4.90 Å². The maximum atomic E-state index is 12.0.